The number of ether oxygens (including phenoxy) is 2. The van der Waals surface area contributed by atoms with Crippen molar-refractivity contribution in [3.05, 3.63) is 130 Å². The SMILES string of the molecule is CCNC(=O)NCc1cccc(-c2ccc([C@@H]3O[C@H](CN4CCC(n5c(=O)[nH]c6ccccc65)CC4)[C@H](C)[C@H](c4ccc(CO)cc4)O3)cc2)c1. The number of imidazole rings is 1. The van der Waals surface area contributed by atoms with Crippen LogP contribution in [0.4, 0.5) is 4.79 Å². The van der Waals surface area contributed by atoms with E-state index >= 15 is 0 Å². The average Bonchev–Trinajstić information content (AvgIpc) is 3.51. The lowest BCUT2D eigenvalue weighted by molar-refractivity contribution is -0.276. The highest BCUT2D eigenvalue weighted by atomic mass is 16.7. The summed E-state index contributed by atoms with van der Waals surface area (Å²) in [6.45, 7) is 7.62. The standard InChI is InChI=1S/C41H47N5O5/c1-3-42-40(48)43-24-29-7-6-8-33(23-29)30-15-17-32(18-16-30)39-50-37(27(2)38(51-39)31-13-11-28(26-47)12-14-31)25-45-21-19-34(20-22-45)46-36-10-5-4-9-35(36)44-41(46)49/h4-18,23,27,34,37-39,47H,3,19-22,24-26H2,1-2H3,(H,44,49)(H2,42,43,48)/t27-,37+,38+,39+/m0/s1. The molecule has 266 valence electrons. The van der Waals surface area contributed by atoms with Crippen LogP contribution in [0.25, 0.3) is 22.2 Å². The van der Waals surface area contributed by atoms with Gasteiger partial charge in [0.1, 0.15) is 0 Å². The summed E-state index contributed by atoms with van der Waals surface area (Å²) in [4.78, 5) is 30.2. The number of rotatable bonds is 10. The van der Waals surface area contributed by atoms with Crippen molar-refractivity contribution in [2.75, 3.05) is 26.2 Å². The van der Waals surface area contributed by atoms with Crippen LogP contribution < -0.4 is 16.3 Å². The monoisotopic (exact) mass is 689 g/mol. The van der Waals surface area contributed by atoms with Crippen LogP contribution in [0.1, 0.15) is 67.4 Å². The van der Waals surface area contributed by atoms with Crippen molar-refractivity contribution < 1.29 is 19.4 Å². The number of hydrogen-bond donors (Lipinski definition) is 4. The molecule has 1 aromatic heterocycles. The number of nitrogens with one attached hydrogen (secondary N) is 3. The quantitative estimate of drug-likeness (QED) is 0.134. The maximum absolute atomic E-state index is 12.9. The first-order valence-electron chi connectivity index (χ1n) is 18.0. The molecule has 7 rings (SSSR count). The van der Waals surface area contributed by atoms with Crippen LogP contribution in [-0.4, -0.2) is 57.9 Å². The molecule has 4 aromatic carbocycles. The van der Waals surface area contributed by atoms with Gasteiger partial charge in [0.2, 0.25) is 0 Å². The Morgan fingerprint density at radius 2 is 1.61 bits per heavy atom. The minimum atomic E-state index is -0.558. The maximum Gasteiger partial charge on any atom is 0.326 e. The number of likely N-dealkylation sites (tertiary alicyclic amines) is 1. The number of piperidine rings is 1. The van der Waals surface area contributed by atoms with E-state index < -0.39 is 6.29 Å². The summed E-state index contributed by atoms with van der Waals surface area (Å²) in [6.07, 6.45) is 0.932. The van der Waals surface area contributed by atoms with E-state index in [1.165, 1.54) is 0 Å². The van der Waals surface area contributed by atoms with Crippen molar-refractivity contribution in [3.8, 4) is 11.1 Å². The molecular formula is C41H47N5O5. The van der Waals surface area contributed by atoms with Crippen molar-refractivity contribution in [1.82, 2.24) is 25.1 Å². The molecule has 10 heteroatoms. The summed E-state index contributed by atoms with van der Waals surface area (Å²) in [6, 6.07) is 32.4. The normalized spacial score (nSPS) is 21.5. The smallest absolute Gasteiger partial charge is 0.326 e. The molecule has 0 radical (unpaired) electrons. The molecule has 5 aromatic rings. The number of aliphatic hydroxyl groups is 1. The summed E-state index contributed by atoms with van der Waals surface area (Å²) in [7, 11) is 0. The Morgan fingerprint density at radius 3 is 2.35 bits per heavy atom. The zero-order valence-corrected chi connectivity index (χ0v) is 29.3. The highest BCUT2D eigenvalue weighted by Gasteiger charge is 2.39. The van der Waals surface area contributed by atoms with Crippen molar-refractivity contribution in [2.24, 2.45) is 5.92 Å². The van der Waals surface area contributed by atoms with E-state index in [4.69, 9.17) is 9.47 Å². The molecule has 51 heavy (non-hydrogen) atoms. The second-order valence-corrected chi connectivity index (χ2v) is 13.7. The molecule has 0 unspecified atom stereocenters. The van der Waals surface area contributed by atoms with Crippen LogP contribution in [-0.2, 0) is 22.6 Å². The Hall–Kier alpha value is -4.74. The molecule has 2 saturated heterocycles. The molecule has 2 amide bonds. The molecule has 2 fully saturated rings. The molecule has 2 aliphatic heterocycles. The molecule has 4 N–H and O–H groups in total. The number of benzene rings is 4. The number of carbonyl (C=O) groups is 1. The van der Waals surface area contributed by atoms with Crippen LogP contribution in [0.2, 0.25) is 0 Å². The molecule has 10 nitrogen and oxygen atoms in total. The Morgan fingerprint density at radius 1 is 0.863 bits per heavy atom. The lowest BCUT2D eigenvalue weighted by Gasteiger charge is -2.44. The highest BCUT2D eigenvalue weighted by molar-refractivity contribution is 5.75. The van der Waals surface area contributed by atoms with E-state index in [1.807, 2.05) is 72.2 Å². The predicted octanol–water partition coefficient (Wildman–Crippen LogP) is 6.44. The van der Waals surface area contributed by atoms with Gasteiger partial charge in [0.25, 0.3) is 0 Å². The first-order chi connectivity index (χ1) is 24.9. The second-order valence-electron chi connectivity index (χ2n) is 13.7. The number of carbonyl (C=O) groups excluding carboxylic acids is 1. The molecule has 4 atom stereocenters. The maximum atomic E-state index is 12.9. The number of aromatic nitrogens is 2. The van der Waals surface area contributed by atoms with Gasteiger partial charge in [-0.1, -0.05) is 85.8 Å². The number of fused-ring (bicyclic) bond motifs is 1. The van der Waals surface area contributed by atoms with E-state index in [0.29, 0.717) is 13.1 Å². The van der Waals surface area contributed by atoms with Gasteiger partial charge >= 0.3 is 11.7 Å². The van der Waals surface area contributed by atoms with Crippen molar-refractivity contribution in [1.29, 1.82) is 0 Å². The molecule has 0 saturated carbocycles. The number of aliphatic hydroxyl groups excluding tert-OH is 1. The van der Waals surface area contributed by atoms with Crippen molar-refractivity contribution in [3.63, 3.8) is 0 Å². The Kier molecular flexibility index (Phi) is 10.6. The van der Waals surface area contributed by atoms with E-state index in [1.54, 1.807) is 0 Å². The number of nitrogens with zero attached hydrogens (tertiary/aromatic N) is 2. The molecule has 0 spiro atoms. The molecule has 3 heterocycles. The minimum absolute atomic E-state index is 0.00367. The van der Waals surface area contributed by atoms with E-state index in [0.717, 1.165) is 76.9 Å². The number of amides is 2. The summed E-state index contributed by atoms with van der Waals surface area (Å²) in [5, 5.41) is 15.3. The number of aromatic amines is 1. The Labute approximate surface area is 298 Å². The molecule has 2 aliphatic rings. The highest BCUT2D eigenvalue weighted by Crippen LogP contribution is 2.42. The van der Waals surface area contributed by atoms with Crippen LogP contribution in [0.3, 0.4) is 0 Å². The van der Waals surface area contributed by atoms with E-state index in [9.17, 15) is 14.7 Å². The molecule has 0 bridgehead atoms. The Balaban J connectivity index is 1.07. The lowest BCUT2D eigenvalue weighted by atomic mass is 9.89. The second kappa shape index (κ2) is 15.7. The fraction of sp³-hybridized carbons (Fsp3) is 0.366. The number of hydrogen-bond acceptors (Lipinski definition) is 6. The fourth-order valence-electron chi connectivity index (χ4n) is 7.48. The largest absolute Gasteiger partial charge is 0.392 e. The first kappa shape index (κ1) is 34.7. The minimum Gasteiger partial charge on any atom is -0.392 e. The topological polar surface area (TPSA) is 121 Å². The van der Waals surface area contributed by atoms with Crippen LogP contribution >= 0.6 is 0 Å². The summed E-state index contributed by atoms with van der Waals surface area (Å²) >= 11 is 0. The van der Waals surface area contributed by atoms with Crippen molar-refractivity contribution in [2.45, 2.75) is 64.4 Å². The molecular weight excluding hydrogens is 642 g/mol. The summed E-state index contributed by atoms with van der Waals surface area (Å²) in [5.41, 5.74) is 7.82. The third-order valence-electron chi connectivity index (χ3n) is 10.3. The lowest BCUT2D eigenvalue weighted by Crippen LogP contribution is -2.47. The average molecular weight is 690 g/mol. The van der Waals surface area contributed by atoms with Gasteiger partial charge in [0.15, 0.2) is 6.29 Å². The van der Waals surface area contributed by atoms with Gasteiger partial charge in [0.05, 0.1) is 29.8 Å². The first-order valence-corrected chi connectivity index (χ1v) is 18.0. The number of H-pyrrole nitrogens is 1. The zero-order valence-electron chi connectivity index (χ0n) is 29.3. The number of para-hydroxylation sites is 2. The predicted molar refractivity (Wildman–Crippen MR) is 198 cm³/mol. The van der Waals surface area contributed by atoms with Gasteiger partial charge < -0.3 is 35.1 Å². The summed E-state index contributed by atoms with van der Waals surface area (Å²) in [5.74, 6) is 0.0743. The third kappa shape index (κ3) is 7.79. The van der Waals surface area contributed by atoms with Gasteiger partial charge in [0, 0.05) is 50.2 Å². The van der Waals surface area contributed by atoms with Gasteiger partial charge in [-0.3, -0.25) is 4.57 Å². The fourth-order valence-corrected chi connectivity index (χ4v) is 7.48. The van der Waals surface area contributed by atoms with Gasteiger partial charge in [-0.2, -0.15) is 0 Å². The van der Waals surface area contributed by atoms with Crippen LogP contribution in [0, 0.1) is 5.92 Å². The van der Waals surface area contributed by atoms with Crippen molar-refractivity contribution >= 4 is 17.1 Å². The van der Waals surface area contributed by atoms with Crippen LogP contribution in [0.15, 0.2) is 102 Å². The molecule has 0 aliphatic carbocycles. The van der Waals surface area contributed by atoms with Gasteiger partial charge in [-0.15, -0.1) is 0 Å². The van der Waals surface area contributed by atoms with Gasteiger partial charge in [-0.25, -0.2) is 9.59 Å². The zero-order chi connectivity index (χ0) is 35.3. The van der Waals surface area contributed by atoms with E-state index in [2.05, 4.69) is 63.8 Å². The number of urea groups is 1. The van der Waals surface area contributed by atoms with Gasteiger partial charge in [-0.05, 0) is 65.8 Å². The third-order valence-corrected chi connectivity index (χ3v) is 10.3. The Bertz CT molecular complexity index is 1980. The van der Waals surface area contributed by atoms with E-state index in [-0.39, 0.29) is 42.5 Å². The van der Waals surface area contributed by atoms with Crippen LogP contribution in [0.5, 0.6) is 0 Å². The summed E-state index contributed by atoms with van der Waals surface area (Å²) < 4.78 is 15.5.